The molecule has 3 rings (SSSR count). The number of benzene rings is 1. The third-order valence-corrected chi connectivity index (χ3v) is 5.83. The van der Waals surface area contributed by atoms with Gasteiger partial charge in [-0.3, -0.25) is 19.3 Å². The average molecular weight is 427 g/mol. The SMILES string of the molecule is O=C(NCCN1C(=O)SC(=Cc2ccc(Cl)cc2Cl)C1=O)c1cccs1. The van der Waals surface area contributed by atoms with E-state index in [0.717, 1.165) is 16.7 Å². The van der Waals surface area contributed by atoms with E-state index >= 15 is 0 Å². The predicted molar refractivity (Wildman–Crippen MR) is 106 cm³/mol. The van der Waals surface area contributed by atoms with E-state index in [1.807, 2.05) is 0 Å². The fraction of sp³-hybridized carbons (Fsp3) is 0.118. The van der Waals surface area contributed by atoms with Crippen molar-refractivity contribution >= 4 is 69.4 Å². The standard InChI is InChI=1S/C17H12Cl2N2O3S2/c18-11-4-3-10(12(19)9-11)8-14-16(23)21(17(24)26-14)6-5-20-15(22)13-2-1-7-25-13/h1-4,7-9H,5-6H2,(H,20,22). The molecule has 1 fully saturated rings. The molecule has 26 heavy (non-hydrogen) atoms. The van der Waals surface area contributed by atoms with E-state index in [-0.39, 0.29) is 29.1 Å². The predicted octanol–water partition coefficient (Wildman–Crippen LogP) is 4.52. The molecular formula is C17H12Cl2N2O3S2. The summed E-state index contributed by atoms with van der Waals surface area (Å²) < 4.78 is 0. The summed E-state index contributed by atoms with van der Waals surface area (Å²) in [7, 11) is 0. The Hall–Kier alpha value is -1.80. The lowest BCUT2D eigenvalue weighted by Crippen LogP contribution is -2.37. The number of thioether (sulfide) groups is 1. The molecule has 0 radical (unpaired) electrons. The molecule has 9 heteroatoms. The quantitative estimate of drug-likeness (QED) is 0.713. The van der Waals surface area contributed by atoms with Crippen LogP contribution in [-0.4, -0.2) is 35.0 Å². The van der Waals surface area contributed by atoms with E-state index in [9.17, 15) is 14.4 Å². The van der Waals surface area contributed by atoms with Crippen LogP contribution >= 0.6 is 46.3 Å². The van der Waals surface area contributed by atoms with Gasteiger partial charge in [-0.05, 0) is 47.0 Å². The lowest BCUT2D eigenvalue weighted by molar-refractivity contribution is -0.122. The van der Waals surface area contributed by atoms with Gasteiger partial charge in [0.05, 0.1) is 9.78 Å². The topological polar surface area (TPSA) is 66.5 Å². The first-order chi connectivity index (χ1) is 12.5. The maximum Gasteiger partial charge on any atom is 0.293 e. The average Bonchev–Trinajstić information content (AvgIpc) is 3.21. The Morgan fingerprint density at radius 2 is 2.04 bits per heavy atom. The molecule has 0 saturated carbocycles. The minimum absolute atomic E-state index is 0.105. The van der Waals surface area contributed by atoms with E-state index in [1.54, 1.807) is 41.8 Å². The summed E-state index contributed by atoms with van der Waals surface area (Å²) in [6.45, 7) is 0.289. The van der Waals surface area contributed by atoms with E-state index in [2.05, 4.69) is 5.32 Å². The third kappa shape index (κ3) is 4.29. The maximum atomic E-state index is 12.4. The van der Waals surface area contributed by atoms with Gasteiger partial charge < -0.3 is 5.32 Å². The monoisotopic (exact) mass is 426 g/mol. The number of nitrogens with one attached hydrogen (secondary N) is 1. The summed E-state index contributed by atoms with van der Waals surface area (Å²) in [5, 5.41) is 5.00. The number of rotatable bonds is 5. The highest BCUT2D eigenvalue weighted by Gasteiger charge is 2.34. The van der Waals surface area contributed by atoms with Crippen molar-refractivity contribution in [1.82, 2.24) is 10.2 Å². The van der Waals surface area contributed by atoms with Crippen molar-refractivity contribution in [1.29, 1.82) is 0 Å². The van der Waals surface area contributed by atoms with Gasteiger partial charge in [-0.15, -0.1) is 11.3 Å². The van der Waals surface area contributed by atoms with Gasteiger partial charge in [0.15, 0.2) is 0 Å². The number of carbonyl (C=O) groups is 3. The first-order valence-corrected chi connectivity index (χ1v) is 9.93. The Morgan fingerprint density at radius 1 is 1.23 bits per heavy atom. The first-order valence-electron chi connectivity index (χ1n) is 7.48. The Balaban J connectivity index is 1.63. The molecule has 5 nitrogen and oxygen atoms in total. The molecule has 3 amide bonds. The summed E-state index contributed by atoms with van der Waals surface area (Å²) in [5.41, 5.74) is 0.604. The van der Waals surface area contributed by atoms with E-state index in [4.69, 9.17) is 23.2 Å². The van der Waals surface area contributed by atoms with Crippen LogP contribution in [0.25, 0.3) is 6.08 Å². The van der Waals surface area contributed by atoms with E-state index in [0.29, 0.717) is 20.5 Å². The van der Waals surface area contributed by atoms with Gasteiger partial charge in [-0.1, -0.05) is 35.3 Å². The van der Waals surface area contributed by atoms with Crippen molar-refractivity contribution in [2.24, 2.45) is 0 Å². The lowest BCUT2D eigenvalue weighted by atomic mass is 10.2. The zero-order valence-electron chi connectivity index (χ0n) is 13.2. The number of amides is 3. The highest BCUT2D eigenvalue weighted by atomic mass is 35.5. The fourth-order valence-electron chi connectivity index (χ4n) is 2.23. The summed E-state index contributed by atoms with van der Waals surface area (Å²) >= 11 is 14.1. The minimum Gasteiger partial charge on any atom is -0.350 e. The summed E-state index contributed by atoms with van der Waals surface area (Å²) in [4.78, 5) is 38.4. The molecule has 1 N–H and O–H groups in total. The Kier molecular flexibility index (Phi) is 6.03. The number of hydrogen-bond acceptors (Lipinski definition) is 5. The van der Waals surface area contributed by atoms with Crippen molar-refractivity contribution in [3.05, 3.63) is 61.1 Å². The normalized spacial score (nSPS) is 15.8. The highest BCUT2D eigenvalue weighted by molar-refractivity contribution is 8.18. The van der Waals surface area contributed by atoms with Crippen LogP contribution in [0.15, 0.2) is 40.6 Å². The molecule has 134 valence electrons. The van der Waals surface area contributed by atoms with Crippen molar-refractivity contribution in [3.63, 3.8) is 0 Å². The van der Waals surface area contributed by atoms with Crippen LogP contribution in [0, 0.1) is 0 Å². The molecule has 2 aromatic rings. The maximum absolute atomic E-state index is 12.4. The molecule has 1 saturated heterocycles. The lowest BCUT2D eigenvalue weighted by Gasteiger charge is -2.12. The smallest absolute Gasteiger partial charge is 0.293 e. The zero-order valence-corrected chi connectivity index (χ0v) is 16.3. The third-order valence-electron chi connectivity index (χ3n) is 3.49. The number of halogens is 2. The molecule has 0 atom stereocenters. The summed E-state index contributed by atoms with van der Waals surface area (Å²) in [5.74, 6) is -0.633. The Bertz CT molecular complexity index is 897. The van der Waals surface area contributed by atoms with Gasteiger partial charge in [-0.25, -0.2) is 0 Å². The van der Waals surface area contributed by atoms with Gasteiger partial charge in [0.25, 0.3) is 17.1 Å². The Labute approximate surface area is 168 Å². The van der Waals surface area contributed by atoms with Gasteiger partial charge in [0.1, 0.15) is 0 Å². The molecule has 0 aliphatic carbocycles. The van der Waals surface area contributed by atoms with Gasteiger partial charge >= 0.3 is 0 Å². The number of nitrogens with zero attached hydrogens (tertiary/aromatic N) is 1. The van der Waals surface area contributed by atoms with E-state index in [1.165, 1.54) is 11.3 Å². The second-order valence-electron chi connectivity index (χ2n) is 5.23. The largest absolute Gasteiger partial charge is 0.350 e. The van der Waals surface area contributed by atoms with Crippen molar-refractivity contribution < 1.29 is 14.4 Å². The van der Waals surface area contributed by atoms with Crippen molar-refractivity contribution in [2.45, 2.75) is 0 Å². The van der Waals surface area contributed by atoms with Gasteiger partial charge in [0, 0.05) is 23.1 Å². The molecule has 1 aromatic heterocycles. The van der Waals surface area contributed by atoms with E-state index < -0.39 is 5.91 Å². The van der Waals surface area contributed by atoms with Crippen LogP contribution in [0.3, 0.4) is 0 Å². The first kappa shape index (κ1) is 19.0. The summed E-state index contributed by atoms with van der Waals surface area (Å²) in [6.07, 6.45) is 1.56. The molecule has 1 aliphatic heterocycles. The van der Waals surface area contributed by atoms with Crippen LogP contribution in [0.5, 0.6) is 0 Å². The van der Waals surface area contributed by atoms with Gasteiger partial charge in [0.2, 0.25) is 0 Å². The van der Waals surface area contributed by atoms with Crippen molar-refractivity contribution in [3.8, 4) is 0 Å². The molecule has 2 heterocycles. The second-order valence-corrected chi connectivity index (χ2v) is 8.02. The number of hydrogen-bond donors (Lipinski definition) is 1. The van der Waals surface area contributed by atoms with Crippen LogP contribution in [0.1, 0.15) is 15.2 Å². The molecule has 1 aliphatic rings. The number of imide groups is 1. The van der Waals surface area contributed by atoms with Crippen LogP contribution < -0.4 is 5.32 Å². The summed E-state index contributed by atoms with van der Waals surface area (Å²) in [6, 6.07) is 8.39. The van der Waals surface area contributed by atoms with Crippen molar-refractivity contribution in [2.75, 3.05) is 13.1 Å². The zero-order chi connectivity index (χ0) is 18.7. The van der Waals surface area contributed by atoms with Crippen LogP contribution in [0.2, 0.25) is 10.0 Å². The Morgan fingerprint density at radius 3 is 2.73 bits per heavy atom. The number of carbonyl (C=O) groups excluding carboxylic acids is 3. The second kappa shape index (κ2) is 8.26. The van der Waals surface area contributed by atoms with Crippen LogP contribution in [0.4, 0.5) is 4.79 Å². The number of thiophene rings is 1. The molecule has 0 bridgehead atoms. The molecule has 0 unspecified atom stereocenters. The minimum atomic E-state index is -0.406. The molecular weight excluding hydrogens is 415 g/mol. The van der Waals surface area contributed by atoms with Gasteiger partial charge in [-0.2, -0.15) is 0 Å². The highest BCUT2D eigenvalue weighted by Crippen LogP contribution is 2.33. The molecule has 0 spiro atoms. The molecule has 1 aromatic carbocycles. The fourth-order valence-corrected chi connectivity index (χ4v) is 4.19. The van der Waals surface area contributed by atoms with Crippen LogP contribution in [-0.2, 0) is 4.79 Å².